The van der Waals surface area contributed by atoms with Gasteiger partial charge in [-0.3, -0.25) is 4.79 Å². The SMILES string of the molecule is Cc1cccc(COc2cc(OCc3ccccc3)cc(/C(O)=C/C(=O)C(=O)O)c2)c1. The van der Waals surface area contributed by atoms with Crippen molar-refractivity contribution >= 4 is 17.5 Å². The predicted molar refractivity (Wildman–Crippen MR) is 116 cm³/mol. The Kier molecular flexibility index (Phi) is 7.06. The highest BCUT2D eigenvalue weighted by Crippen LogP contribution is 2.28. The molecule has 0 aromatic heterocycles. The molecule has 0 saturated heterocycles. The number of carbonyl (C=O) groups is 2. The number of hydrogen-bond donors (Lipinski definition) is 2. The molecule has 0 aliphatic rings. The first-order valence-corrected chi connectivity index (χ1v) is 9.59. The largest absolute Gasteiger partial charge is 0.507 e. The molecule has 0 unspecified atom stereocenters. The minimum Gasteiger partial charge on any atom is -0.507 e. The third-order valence-corrected chi connectivity index (χ3v) is 4.39. The summed E-state index contributed by atoms with van der Waals surface area (Å²) in [6, 6.07) is 22.1. The molecule has 31 heavy (non-hydrogen) atoms. The third kappa shape index (κ3) is 6.47. The van der Waals surface area contributed by atoms with Crippen LogP contribution in [0.5, 0.6) is 11.5 Å². The number of carboxylic acids is 1. The number of hydrogen-bond acceptors (Lipinski definition) is 5. The quantitative estimate of drug-likeness (QED) is 0.297. The van der Waals surface area contributed by atoms with E-state index in [4.69, 9.17) is 14.6 Å². The van der Waals surface area contributed by atoms with E-state index < -0.39 is 17.5 Å². The number of aliphatic carboxylic acids is 1. The molecular weight excluding hydrogens is 396 g/mol. The normalized spacial score (nSPS) is 11.1. The van der Waals surface area contributed by atoms with Gasteiger partial charge in [0.15, 0.2) is 0 Å². The molecule has 0 aliphatic carbocycles. The number of carbonyl (C=O) groups excluding carboxylic acids is 1. The molecule has 6 heteroatoms. The first-order chi connectivity index (χ1) is 14.9. The van der Waals surface area contributed by atoms with Crippen LogP contribution in [0.3, 0.4) is 0 Å². The Labute approximate surface area is 180 Å². The molecule has 0 radical (unpaired) electrons. The lowest BCUT2D eigenvalue weighted by molar-refractivity contribution is -0.146. The van der Waals surface area contributed by atoms with E-state index in [9.17, 15) is 14.7 Å². The minimum atomic E-state index is -1.65. The lowest BCUT2D eigenvalue weighted by atomic mass is 10.1. The third-order valence-electron chi connectivity index (χ3n) is 4.39. The van der Waals surface area contributed by atoms with Crippen LogP contribution in [0.4, 0.5) is 0 Å². The van der Waals surface area contributed by atoms with Gasteiger partial charge in [-0.2, -0.15) is 0 Å². The number of carboxylic acid groups (broad SMARTS) is 1. The van der Waals surface area contributed by atoms with Gasteiger partial charge in [0.25, 0.3) is 5.78 Å². The predicted octanol–water partition coefficient (Wildman–Crippen LogP) is 4.71. The Balaban J connectivity index is 1.85. The van der Waals surface area contributed by atoms with Crippen molar-refractivity contribution in [1.29, 1.82) is 0 Å². The van der Waals surface area contributed by atoms with E-state index in [-0.39, 0.29) is 5.56 Å². The summed E-state index contributed by atoms with van der Waals surface area (Å²) in [5.41, 5.74) is 3.24. The molecule has 2 N–H and O–H groups in total. The van der Waals surface area contributed by atoms with Crippen molar-refractivity contribution in [2.45, 2.75) is 20.1 Å². The van der Waals surface area contributed by atoms with Crippen molar-refractivity contribution in [3.63, 3.8) is 0 Å². The van der Waals surface area contributed by atoms with Crippen molar-refractivity contribution in [2.75, 3.05) is 0 Å². The van der Waals surface area contributed by atoms with Crippen molar-refractivity contribution in [3.8, 4) is 11.5 Å². The molecule has 3 aromatic carbocycles. The Morgan fingerprint density at radius 2 is 1.42 bits per heavy atom. The van der Waals surface area contributed by atoms with Gasteiger partial charge >= 0.3 is 5.97 Å². The molecule has 0 fully saturated rings. The summed E-state index contributed by atoms with van der Waals surface area (Å²) in [6.07, 6.45) is 0.656. The molecule has 0 aliphatic heterocycles. The van der Waals surface area contributed by atoms with E-state index in [1.807, 2.05) is 61.5 Å². The second-order valence-corrected chi connectivity index (χ2v) is 6.94. The average molecular weight is 418 g/mol. The molecule has 0 amide bonds. The van der Waals surface area contributed by atoms with Gasteiger partial charge in [-0.05, 0) is 30.2 Å². The number of rotatable bonds is 9. The molecule has 0 bridgehead atoms. The number of aliphatic hydroxyl groups is 1. The van der Waals surface area contributed by atoms with Crippen molar-refractivity contribution in [1.82, 2.24) is 0 Å². The molecule has 3 aromatic rings. The molecule has 3 rings (SSSR count). The van der Waals surface area contributed by atoms with Gasteiger partial charge in [-0.25, -0.2) is 4.79 Å². The van der Waals surface area contributed by atoms with Gasteiger partial charge in [0.05, 0.1) is 0 Å². The summed E-state index contributed by atoms with van der Waals surface area (Å²) in [5.74, 6) is -2.56. The van der Waals surface area contributed by atoms with E-state index in [1.165, 1.54) is 12.1 Å². The van der Waals surface area contributed by atoms with Gasteiger partial charge in [0, 0.05) is 17.7 Å². The number of aliphatic hydroxyl groups excluding tert-OH is 1. The molecule has 6 nitrogen and oxygen atoms in total. The van der Waals surface area contributed by atoms with E-state index in [1.54, 1.807) is 6.07 Å². The Hall–Kier alpha value is -4.06. The van der Waals surface area contributed by atoms with Gasteiger partial charge in [-0.1, -0.05) is 60.2 Å². The lowest BCUT2D eigenvalue weighted by Gasteiger charge is -2.13. The highest BCUT2D eigenvalue weighted by molar-refractivity contribution is 6.38. The summed E-state index contributed by atoms with van der Waals surface area (Å²) in [6.45, 7) is 2.57. The van der Waals surface area contributed by atoms with Crippen LogP contribution in [-0.2, 0) is 22.8 Å². The second-order valence-electron chi connectivity index (χ2n) is 6.94. The van der Waals surface area contributed by atoms with Crippen LogP contribution in [0.2, 0.25) is 0 Å². The Bertz CT molecular complexity index is 1100. The summed E-state index contributed by atoms with van der Waals surface area (Å²) in [4.78, 5) is 22.2. The maximum atomic E-state index is 11.5. The van der Waals surface area contributed by atoms with E-state index in [0.29, 0.717) is 30.8 Å². The average Bonchev–Trinajstić information content (AvgIpc) is 2.77. The topological polar surface area (TPSA) is 93.1 Å². The molecule has 0 spiro atoms. The van der Waals surface area contributed by atoms with Gasteiger partial charge in [-0.15, -0.1) is 0 Å². The lowest BCUT2D eigenvalue weighted by Crippen LogP contribution is -2.09. The fraction of sp³-hybridized carbons (Fsp3) is 0.120. The number of aryl methyl sites for hydroxylation is 1. The number of ether oxygens (including phenoxy) is 2. The maximum absolute atomic E-state index is 11.5. The fourth-order valence-corrected chi connectivity index (χ4v) is 2.87. The van der Waals surface area contributed by atoms with Crippen LogP contribution in [0.1, 0.15) is 22.3 Å². The van der Waals surface area contributed by atoms with Gasteiger partial charge in [0.1, 0.15) is 30.5 Å². The van der Waals surface area contributed by atoms with Crippen molar-refractivity contribution < 1.29 is 29.3 Å². The maximum Gasteiger partial charge on any atom is 0.376 e. The highest BCUT2D eigenvalue weighted by atomic mass is 16.5. The van der Waals surface area contributed by atoms with E-state index in [0.717, 1.165) is 16.7 Å². The van der Waals surface area contributed by atoms with Crippen LogP contribution in [0.15, 0.2) is 78.9 Å². The second kappa shape index (κ2) is 10.1. The summed E-state index contributed by atoms with van der Waals surface area (Å²) in [5, 5.41) is 19.0. The molecule has 0 heterocycles. The van der Waals surface area contributed by atoms with Crippen molar-refractivity contribution in [3.05, 3.63) is 101 Å². The Morgan fingerprint density at radius 1 is 0.806 bits per heavy atom. The molecular formula is C25H22O6. The highest BCUT2D eigenvalue weighted by Gasteiger charge is 2.13. The first-order valence-electron chi connectivity index (χ1n) is 9.59. The van der Waals surface area contributed by atoms with E-state index >= 15 is 0 Å². The van der Waals surface area contributed by atoms with Gasteiger partial charge in [0.2, 0.25) is 0 Å². The first kappa shape index (κ1) is 21.6. The fourth-order valence-electron chi connectivity index (χ4n) is 2.87. The Morgan fingerprint density at radius 3 is 2.03 bits per heavy atom. The number of benzene rings is 3. The smallest absolute Gasteiger partial charge is 0.376 e. The monoisotopic (exact) mass is 418 g/mol. The molecule has 158 valence electrons. The standard InChI is InChI=1S/C25H22O6/c1-17-6-5-9-19(10-17)16-31-22-12-20(23(26)14-24(27)25(28)29)11-21(13-22)30-15-18-7-3-2-4-8-18/h2-14,26H,15-16H2,1H3,(H,28,29)/b23-14-. The summed E-state index contributed by atoms with van der Waals surface area (Å²) in [7, 11) is 0. The van der Waals surface area contributed by atoms with Crippen LogP contribution in [-0.4, -0.2) is 22.0 Å². The van der Waals surface area contributed by atoms with Gasteiger partial charge < -0.3 is 19.7 Å². The zero-order valence-electron chi connectivity index (χ0n) is 16.9. The number of ketones is 1. The minimum absolute atomic E-state index is 0.208. The van der Waals surface area contributed by atoms with Crippen LogP contribution < -0.4 is 9.47 Å². The zero-order chi connectivity index (χ0) is 22.2. The molecule has 0 saturated carbocycles. The van der Waals surface area contributed by atoms with Crippen LogP contribution in [0.25, 0.3) is 5.76 Å². The zero-order valence-corrected chi connectivity index (χ0v) is 16.9. The van der Waals surface area contributed by atoms with E-state index in [2.05, 4.69) is 0 Å². The van der Waals surface area contributed by atoms with Crippen LogP contribution in [0, 0.1) is 6.92 Å². The summed E-state index contributed by atoms with van der Waals surface area (Å²) < 4.78 is 11.7. The summed E-state index contributed by atoms with van der Waals surface area (Å²) >= 11 is 0. The van der Waals surface area contributed by atoms with Crippen molar-refractivity contribution in [2.24, 2.45) is 0 Å². The molecule has 0 atom stereocenters. The van der Waals surface area contributed by atoms with Crippen LogP contribution >= 0.6 is 0 Å².